The fraction of sp³-hybridized carbons (Fsp3) is 0.500. The number of nitrogens with zero attached hydrogens (tertiary/aromatic N) is 2. The SMILES string of the molecule is CN1C=NC(=O)NC1O. The number of carbonyl (C=O) groups is 1. The van der Waals surface area contributed by atoms with Gasteiger partial charge in [-0.3, -0.25) is 5.32 Å². The molecule has 1 unspecified atom stereocenters. The number of aliphatic hydroxyl groups is 1. The van der Waals surface area contributed by atoms with E-state index in [2.05, 4.69) is 10.3 Å². The summed E-state index contributed by atoms with van der Waals surface area (Å²) in [6.45, 7) is 0. The molecule has 0 aromatic heterocycles. The minimum absolute atomic E-state index is 0.513. The smallest absolute Gasteiger partial charge is 0.345 e. The Morgan fingerprint density at radius 1 is 2.00 bits per heavy atom. The highest BCUT2D eigenvalue weighted by atomic mass is 16.3. The van der Waals surface area contributed by atoms with Crippen LogP contribution in [0.4, 0.5) is 4.79 Å². The third-order valence-electron chi connectivity index (χ3n) is 0.995. The van der Waals surface area contributed by atoms with Crippen molar-refractivity contribution >= 4 is 12.4 Å². The van der Waals surface area contributed by atoms with Crippen LogP contribution in [0.25, 0.3) is 0 Å². The van der Waals surface area contributed by atoms with E-state index in [0.717, 1.165) is 0 Å². The van der Waals surface area contributed by atoms with Gasteiger partial charge in [-0.1, -0.05) is 0 Å². The largest absolute Gasteiger partial charge is 0.356 e. The zero-order valence-electron chi connectivity index (χ0n) is 4.90. The Balaban J connectivity index is 2.65. The molecule has 2 amide bonds. The molecule has 1 atom stereocenters. The van der Waals surface area contributed by atoms with E-state index < -0.39 is 12.4 Å². The fourth-order valence-electron chi connectivity index (χ4n) is 0.456. The number of carbonyl (C=O) groups excluding carboxylic acids is 1. The number of hydrogen-bond acceptors (Lipinski definition) is 3. The summed E-state index contributed by atoms with van der Waals surface area (Å²) in [5, 5.41) is 11.0. The molecule has 1 aliphatic rings. The maximum absolute atomic E-state index is 10.3. The quantitative estimate of drug-likeness (QED) is 0.438. The van der Waals surface area contributed by atoms with Gasteiger partial charge in [-0.25, -0.2) is 4.79 Å². The molecular weight excluding hydrogens is 122 g/mol. The maximum atomic E-state index is 10.3. The van der Waals surface area contributed by atoms with Crippen molar-refractivity contribution in [1.82, 2.24) is 10.2 Å². The van der Waals surface area contributed by atoms with Crippen molar-refractivity contribution in [1.29, 1.82) is 0 Å². The lowest BCUT2D eigenvalue weighted by atomic mass is 10.7. The van der Waals surface area contributed by atoms with E-state index in [1.165, 1.54) is 11.2 Å². The summed E-state index contributed by atoms with van der Waals surface area (Å²) in [5.74, 6) is 0. The van der Waals surface area contributed by atoms with E-state index >= 15 is 0 Å². The van der Waals surface area contributed by atoms with Gasteiger partial charge in [0.1, 0.15) is 0 Å². The number of aliphatic hydroxyl groups excluding tert-OH is 1. The van der Waals surface area contributed by atoms with Crippen LogP contribution >= 0.6 is 0 Å². The van der Waals surface area contributed by atoms with Gasteiger partial charge in [0.05, 0.1) is 6.34 Å². The number of aliphatic imine (C=N–C) groups is 1. The summed E-state index contributed by atoms with van der Waals surface area (Å²) in [6, 6.07) is -0.513. The Kier molecular flexibility index (Phi) is 1.35. The molecule has 5 heteroatoms. The van der Waals surface area contributed by atoms with Crippen LogP contribution in [0.15, 0.2) is 4.99 Å². The van der Waals surface area contributed by atoms with Gasteiger partial charge in [0, 0.05) is 7.05 Å². The lowest BCUT2D eigenvalue weighted by Gasteiger charge is -2.23. The van der Waals surface area contributed by atoms with Crippen LogP contribution < -0.4 is 5.32 Å². The second-order valence-electron chi connectivity index (χ2n) is 1.73. The molecule has 50 valence electrons. The van der Waals surface area contributed by atoms with Gasteiger partial charge in [0.15, 0.2) is 0 Å². The Morgan fingerprint density at radius 3 is 3.11 bits per heavy atom. The minimum atomic E-state index is -0.935. The van der Waals surface area contributed by atoms with Crippen LogP contribution in [-0.2, 0) is 0 Å². The minimum Gasteiger partial charge on any atom is -0.356 e. The van der Waals surface area contributed by atoms with E-state index in [4.69, 9.17) is 5.11 Å². The molecule has 0 fully saturated rings. The molecule has 0 bridgehead atoms. The van der Waals surface area contributed by atoms with Gasteiger partial charge in [-0.2, -0.15) is 4.99 Å². The first-order valence-electron chi connectivity index (χ1n) is 2.45. The molecule has 0 saturated carbocycles. The molecule has 0 saturated heterocycles. The van der Waals surface area contributed by atoms with Crippen LogP contribution in [0.3, 0.4) is 0 Å². The standard InChI is InChI=1S/C4H7N3O2/c1-7-2-5-3(8)6-4(7)9/h2,4,9H,1H3,(H,6,8). The maximum Gasteiger partial charge on any atom is 0.345 e. The number of urea groups is 1. The zero-order chi connectivity index (χ0) is 6.85. The first-order valence-corrected chi connectivity index (χ1v) is 2.45. The third kappa shape index (κ3) is 1.17. The molecule has 0 radical (unpaired) electrons. The van der Waals surface area contributed by atoms with Gasteiger partial charge in [-0.05, 0) is 0 Å². The van der Waals surface area contributed by atoms with E-state index in [0.29, 0.717) is 0 Å². The highest BCUT2D eigenvalue weighted by molar-refractivity contribution is 5.85. The Bertz CT molecular complexity index is 156. The highest BCUT2D eigenvalue weighted by Crippen LogP contribution is 1.90. The van der Waals surface area contributed by atoms with Crippen LogP contribution in [-0.4, -0.2) is 35.8 Å². The molecule has 9 heavy (non-hydrogen) atoms. The molecule has 0 spiro atoms. The Hall–Kier alpha value is -1.10. The van der Waals surface area contributed by atoms with E-state index in [9.17, 15) is 4.79 Å². The normalized spacial score (nSPS) is 26.2. The number of nitrogens with one attached hydrogen (secondary N) is 1. The molecular formula is C4H7N3O2. The van der Waals surface area contributed by atoms with Gasteiger partial charge in [-0.15, -0.1) is 0 Å². The number of hydrogen-bond donors (Lipinski definition) is 2. The van der Waals surface area contributed by atoms with Crippen LogP contribution in [0.1, 0.15) is 0 Å². The second kappa shape index (κ2) is 2.02. The average Bonchev–Trinajstić information content (AvgIpc) is 1.80. The summed E-state index contributed by atoms with van der Waals surface area (Å²) < 4.78 is 0. The van der Waals surface area contributed by atoms with Crippen molar-refractivity contribution in [3.63, 3.8) is 0 Å². The predicted octanol–water partition coefficient (Wildman–Crippen LogP) is -1.05. The second-order valence-corrected chi connectivity index (χ2v) is 1.73. The predicted molar refractivity (Wildman–Crippen MR) is 30.8 cm³/mol. The summed E-state index contributed by atoms with van der Waals surface area (Å²) in [4.78, 5) is 15.1. The van der Waals surface area contributed by atoms with Gasteiger partial charge in [0.25, 0.3) is 0 Å². The van der Waals surface area contributed by atoms with Gasteiger partial charge < -0.3 is 10.0 Å². The van der Waals surface area contributed by atoms with Crippen molar-refractivity contribution in [2.45, 2.75) is 6.35 Å². The third-order valence-corrected chi connectivity index (χ3v) is 0.995. The van der Waals surface area contributed by atoms with Crippen molar-refractivity contribution in [3.8, 4) is 0 Å². The van der Waals surface area contributed by atoms with Crippen molar-refractivity contribution in [3.05, 3.63) is 0 Å². The first-order chi connectivity index (χ1) is 4.20. The van der Waals surface area contributed by atoms with Gasteiger partial charge in [0.2, 0.25) is 6.35 Å². The topological polar surface area (TPSA) is 64.9 Å². The highest BCUT2D eigenvalue weighted by Gasteiger charge is 2.14. The molecule has 0 aromatic rings. The summed E-state index contributed by atoms with van der Waals surface area (Å²) in [5.41, 5.74) is 0. The lowest BCUT2D eigenvalue weighted by Crippen LogP contribution is -2.48. The molecule has 0 aliphatic carbocycles. The average molecular weight is 129 g/mol. The lowest BCUT2D eigenvalue weighted by molar-refractivity contribution is 0.0472. The van der Waals surface area contributed by atoms with Crippen LogP contribution in [0.2, 0.25) is 0 Å². The Morgan fingerprint density at radius 2 is 2.67 bits per heavy atom. The fourth-order valence-corrected chi connectivity index (χ4v) is 0.456. The molecule has 5 nitrogen and oxygen atoms in total. The molecule has 1 heterocycles. The first kappa shape index (κ1) is 6.03. The number of amides is 2. The molecule has 1 aliphatic heterocycles. The van der Waals surface area contributed by atoms with Crippen LogP contribution in [0, 0.1) is 0 Å². The zero-order valence-corrected chi connectivity index (χ0v) is 4.90. The van der Waals surface area contributed by atoms with Crippen molar-refractivity contribution in [2.75, 3.05) is 7.05 Å². The summed E-state index contributed by atoms with van der Waals surface area (Å²) in [6.07, 6.45) is 0.332. The molecule has 1 rings (SSSR count). The molecule has 2 N–H and O–H groups in total. The summed E-state index contributed by atoms with van der Waals surface area (Å²) >= 11 is 0. The monoisotopic (exact) mass is 129 g/mol. The molecule has 0 aromatic carbocycles. The van der Waals surface area contributed by atoms with Crippen molar-refractivity contribution in [2.24, 2.45) is 4.99 Å². The van der Waals surface area contributed by atoms with E-state index in [1.807, 2.05) is 0 Å². The number of rotatable bonds is 0. The van der Waals surface area contributed by atoms with Gasteiger partial charge >= 0.3 is 6.03 Å². The van der Waals surface area contributed by atoms with E-state index in [-0.39, 0.29) is 0 Å². The van der Waals surface area contributed by atoms with Crippen molar-refractivity contribution < 1.29 is 9.90 Å². The Labute approximate surface area is 52.0 Å². The van der Waals surface area contributed by atoms with E-state index in [1.54, 1.807) is 7.05 Å². The van der Waals surface area contributed by atoms with Crippen LogP contribution in [0.5, 0.6) is 0 Å². The summed E-state index contributed by atoms with van der Waals surface area (Å²) in [7, 11) is 1.60.